The zero-order chi connectivity index (χ0) is 9.97. The van der Waals surface area contributed by atoms with Gasteiger partial charge in [0.05, 0.1) is 4.99 Å². The number of thiocarbonyl (C=S) groups is 1. The summed E-state index contributed by atoms with van der Waals surface area (Å²) in [7, 11) is 0. The molecule has 1 aliphatic heterocycles. The average molecular weight is 212 g/mol. The van der Waals surface area contributed by atoms with Gasteiger partial charge in [-0.05, 0) is 38.3 Å². The highest BCUT2D eigenvalue weighted by molar-refractivity contribution is 7.80. The van der Waals surface area contributed by atoms with Crippen molar-refractivity contribution in [3.05, 3.63) is 0 Å². The molecule has 14 heavy (non-hydrogen) atoms. The molecule has 2 rings (SSSR count). The summed E-state index contributed by atoms with van der Waals surface area (Å²) in [6, 6.07) is 0. The summed E-state index contributed by atoms with van der Waals surface area (Å²) >= 11 is 5.07. The van der Waals surface area contributed by atoms with E-state index >= 15 is 0 Å². The number of hydrogen-bond acceptors (Lipinski definition) is 2. The number of likely N-dealkylation sites (tertiary alicyclic amines) is 1. The standard InChI is InChI=1S/C11H20N2S/c12-11(14)10-2-1-6-13(8-10)7-5-9-3-4-9/h9-10H,1-8H2,(H2,12,14). The third kappa shape index (κ3) is 2.92. The maximum absolute atomic E-state index is 5.70. The molecule has 0 aromatic carbocycles. The number of nitrogens with two attached hydrogens (primary N) is 1. The maximum atomic E-state index is 5.70. The fraction of sp³-hybridized carbons (Fsp3) is 0.909. The van der Waals surface area contributed by atoms with E-state index in [-0.39, 0.29) is 0 Å². The molecular weight excluding hydrogens is 192 g/mol. The van der Waals surface area contributed by atoms with E-state index in [1.807, 2.05) is 0 Å². The van der Waals surface area contributed by atoms with E-state index < -0.39 is 0 Å². The van der Waals surface area contributed by atoms with Crippen molar-refractivity contribution in [3.8, 4) is 0 Å². The van der Waals surface area contributed by atoms with Crippen LogP contribution in [0.15, 0.2) is 0 Å². The smallest absolute Gasteiger partial charge is 0.0771 e. The highest BCUT2D eigenvalue weighted by Crippen LogP contribution is 2.32. The Hall–Kier alpha value is -0.150. The summed E-state index contributed by atoms with van der Waals surface area (Å²) in [5.74, 6) is 1.53. The Labute approximate surface area is 91.8 Å². The number of piperidine rings is 1. The van der Waals surface area contributed by atoms with Crippen molar-refractivity contribution < 1.29 is 0 Å². The van der Waals surface area contributed by atoms with E-state index in [1.165, 1.54) is 45.2 Å². The molecule has 1 saturated carbocycles. The predicted molar refractivity (Wildman–Crippen MR) is 63.3 cm³/mol. The van der Waals surface area contributed by atoms with Crippen molar-refractivity contribution in [1.82, 2.24) is 4.90 Å². The minimum absolute atomic E-state index is 0.484. The van der Waals surface area contributed by atoms with Gasteiger partial charge in [0.15, 0.2) is 0 Å². The molecule has 0 spiro atoms. The molecule has 2 aliphatic rings. The molecule has 2 nitrogen and oxygen atoms in total. The van der Waals surface area contributed by atoms with Crippen LogP contribution in [0.1, 0.15) is 32.1 Å². The van der Waals surface area contributed by atoms with Gasteiger partial charge in [-0.25, -0.2) is 0 Å². The maximum Gasteiger partial charge on any atom is 0.0771 e. The van der Waals surface area contributed by atoms with E-state index in [1.54, 1.807) is 0 Å². The summed E-state index contributed by atoms with van der Waals surface area (Å²) in [6.45, 7) is 3.64. The number of nitrogens with zero attached hydrogens (tertiary/aromatic N) is 1. The van der Waals surface area contributed by atoms with E-state index in [2.05, 4.69) is 4.90 Å². The minimum atomic E-state index is 0.484. The van der Waals surface area contributed by atoms with Crippen molar-refractivity contribution in [3.63, 3.8) is 0 Å². The van der Waals surface area contributed by atoms with Crippen molar-refractivity contribution >= 4 is 17.2 Å². The molecule has 0 aromatic rings. The first-order valence-electron chi connectivity index (χ1n) is 5.77. The summed E-state index contributed by atoms with van der Waals surface area (Å²) in [6.07, 6.45) is 6.80. The lowest BCUT2D eigenvalue weighted by Crippen LogP contribution is -2.40. The van der Waals surface area contributed by atoms with Crippen LogP contribution in [0.4, 0.5) is 0 Å². The largest absolute Gasteiger partial charge is 0.393 e. The minimum Gasteiger partial charge on any atom is -0.393 e. The van der Waals surface area contributed by atoms with Crippen molar-refractivity contribution in [2.75, 3.05) is 19.6 Å². The van der Waals surface area contributed by atoms with Crippen LogP contribution in [0.3, 0.4) is 0 Å². The second-order valence-electron chi connectivity index (χ2n) is 4.77. The molecular formula is C11H20N2S. The fourth-order valence-electron chi connectivity index (χ4n) is 2.26. The SMILES string of the molecule is NC(=S)C1CCCN(CCC2CC2)C1. The van der Waals surface area contributed by atoms with E-state index in [9.17, 15) is 0 Å². The molecule has 3 heteroatoms. The Bertz CT molecular complexity index is 213. The van der Waals surface area contributed by atoms with Crippen LogP contribution < -0.4 is 5.73 Å². The molecule has 2 fully saturated rings. The van der Waals surface area contributed by atoms with Gasteiger partial charge >= 0.3 is 0 Å². The van der Waals surface area contributed by atoms with Gasteiger partial charge in [0.1, 0.15) is 0 Å². The summed E-state index contributed by atoms with van der Waals surface area (Å²) < 4.78 is 0. The van der Waals surface area contributed by atoms with Crippen LogP contribution in [0, 0.1) is 11.8 Å². The molecule has 0 aromatic heterocycles. The Morgan fingerprint density at radius 1 is 1.36 bits per heavy atom. The van der Waals surface area contributed by atoms with Crippen LogP contribution in [0.5, 0.6) is 0 Å². The van der Waals surface area contributed by atoms with Gasteiger partial charge in [-0.3, -0.25) is 0 Å². The van der Waals surface area contributed by atoms with Gasteiger partial charge in [-0.15, -0.1) is 0 Å². The van der Waals surface area contributed by atoms with Gasteiger partial charge < -0.3 is 10.6 Å². The van der Waals surface area contributed by atoms with Gasteiger partial charge in [-0.2, -0.15) is 0 Å². The first-order valence-corrected chi connectivity index (χ1v) is 6.18. The van der Waals surface area contributed by atoms with E-state index in [0.717, 1.165) is 17.5 Å². The van der Waals surface area contributed by atoms with Gasteiger partial charge in [0.25, 0.3) is 0 Å². The molecule has 0 amide bonds. The predicted octanol–water partition coefficient (Wildman–Crippen LogP) is 1.78. The molecule has 1 aliphatic carbocycles. The van der Waals surface area contributed by atoms with Crippen molar-refractivity contribution in [1.29, 1.82) is 0 Å². The number of rotatable bonds is 4. The summed E-state index contributed by atoms with van der Waals surface area (Å²) in [4.78, 5) is 3.27. The van der Waals surface area contributed by atoms with Crippen LogP contribution in [-0.2, 0) is 0 Å². The van der Waals surface area contributed by atoms with Crippen LogP contribution in [-0.4, -0.2) is 29.5 Å². The van der Waals surface area contributed by atoms with Gasteiger partial charge in [0, 0.05) is 12.5 Å². The Kier molecular flexibility index (Phi) is 3.39. The zero-order valence-electron chi connectivity index (χ0n) is 8.74. The molecule has 0 radical (unpaired) electrons. The first-order chi connectivity index (χ1) is 6.75. The summed E-state index contributed by atoms with van der Waals surface area (Å²) in [5.41, 5.74) is 5.70. The highest BCUT2D eigenvalue weighted by Gasteiger charge is 2.25. The second kappa shape index (κ2) is 4.58. The third-order valence-electron chi connectivity index (χ3n) is 3.46. The molecule has 0 bridgehead atoms. The molecule has 1 unspecified atom stereocenters. The molecule has 1 atom stereocenters. The van der Waals surface area contributed by atoms with Crippen LogP contribution in [0.25, 0.3) is 0 Å². The normalized spacial score (nSPS) is 29.0. The Morgan fingerprint density at radius 2 is 2.14 bits per heavy atom. The quantitative estimate of drug-likeness (QED) is 0.720. The zero-order valence-corrected chi connectivity index (χ0v) is 9.56. The molecule has 1 saturated heterocycles. The molecule has 1 heterocycles. The van der Waals surface area contributed by atoms with Gasteiger partial charge in [0.2, 0.25) is 0 Å². The van der Waals surface area contributed by atoms with Crippen molar-refractivity contribution in [2.45, 2.75) is 32.1 Å². The third-order valence-corrected chi connectivity index (χ3v) is 3.79. The lowest BCUT2D eigenvalue weighted by molar-refractivity contribution is 0.200. The average Bonchev–Trinajstić information content (AvgIpc) is 2.99. The van der Waals surface area contributed by atoms with E-state index in [0.29, 0.717) is 5.92 Å². The first kappa shape index (κ1) is 10.4. The van der Waals surface area contributed by atoms with Gasteiger partial charge in [-0.1, -0.05) is 25.1 Å². The summed E-state index contributed by atoms with van der Waals surface area (Å²) in [5, 5.41) is 0. The number of hydrogen-bond donors (Lipinski definition) is 1. The topological polar surface area (TPSA) is 29.3 Å². The lowest BCUT2D eigenvalue weighted by atomic mass is 9.98. The fourth-order valence-corrected chi connectivity index (χ4v) is 2.45. The van der Waals surface area contributed by atoms with Crippen molar-refractivity contribution in [2.24, 2.45) is 17.6 Å². The van der Waals surface area contributed by atoms with E-state index in [4.69, 9.17) is 18.0 Å². The highest BCUT2D eigenvalue weighted by atomic mass is 32.1. The second-order valence-corrected chi connectivity index (χ2v) is 5.25. The monoisotopic (exact) mass is 212 g/mol. The molecule has 80 valence electrons. The molecule has 2 N–H and O–H groups in total. The van der Waals surface area contributed by atoms with Crippen LogP contribution in [0.2, 0.25) is 0 Å². The lowest BCUT2D eigenvalue weighted by Gasteiger charge is -2.32. The Balaban J connectivity index is 1.72. The Morgan fingerprint density at radius 3 is 2.79 bits per heavy atom. The van der Waals surface area contributed by atoms with Crippen LogP contribution >= 0.6 is 12.2 Å².